The number of hydrogen-bond acceptors (Lipinski definition) is 9. The third-order valence-electron chi connectivity index (χ3n) is 6.03. The molecule has 0 spiro atoms. The molecule has 0 unspecified atom stereocenters. The molecule has 37 heavy (non-hydrogen) atoms. The highest BCUT2D eigenvalue weighted by atomic mass is 35.5. The molecule has 1 aromatic heterocycles. The Bertz CT molecular complexity index is 1620. The van der Waals surface area contributed by atoms with E-state index < -0.39 is 12.0 Å². The van der Waals surface area contributed by atoms with Crippen LogP contribution < -0.4 is 33.8 Å². The maximum absolute atomic E-state index is 13.8. The van der Waals surface area contributed by atoms with E-state index in [2.05, 4.69) is 4.99 Å². The van der Waals surface area contributed by atoms with Crippen molar-refractivity contribution in [2.24, 2.45) is 4.99 Å². The van der Waals surface area contributed by atoms with E-state index in [4.69, 9.17) is 35.3 Å². The Hall–Kier alpha value is -3.76. The Morgan fingerprint density at radius 2 is 1.97 bits per heavy atom. The number of nitrogens with zero attached hydrogens (tertiary/aromatic N) is 2. The maximum atomic E-state index is 13.8. The first-order chi connectivity index (χ1) is 17.9. The minimum Gasteiger partial charge on any atom is -0.497 e. The molecule has 0 N–H and O–H groups in total. The fourth-order valence-corrected chi connectivity index (χ4v) is 5.56. The maximum Gasteiger partial charge on any atom is 0.338 e. The van der Waals surface area contributed by atoms with Crippen molar-refractivity contribution in [3.8, 4) is 23.0 Å². The quantitative estimate of drug-likeness (QED) is 0.441. The van der Waals surface area contributed by atoms with E-state index in [-0.39, 0.29) is 24.5 Å². The van der Waals surface area contributed by atoms with Gasteiger partial charge in [-0.15, -0.1) is 0 Å². The van der Waals surface area contributed by atoms with Crippen LogP contribution in [-0.4, -0.2) is 38.2 Å². The molecule has 5 rings (SSSR count). The summed E-state index contributed by atoms with van der Waals surface area (Å²) >= 11 is 7.65. The second kappa shape index (κ2) is 9.95. The lowest BCUT2D eigenvalue weighted by atomic mass is 9.95. The summed E-state index contributed by atoms with van der Waals surface area (Å²) in [6.45, 7) is 3.73. The number of thiazole rings is 1. The molecular formula is C26H23ClN2O7S. The smallest absolute Gasteiger partial charge is 0.338 e. The van der Waals surface area contributed by atoms with Crippen LogP contribution >= 0.6 is 22.9 Å². The summed E-state index contributed by atoms with van der Waals surface area (Å²) in [4.78, 5) is 32.0. The molecule has 0 saturated carbocycles. The Morgan fingerprint density at radius 3 is 2.68 bits per heavy atom. The van der Waals surface area contributed by atoms with Crippen molar-refractivity contribution in [1.29, 1.82) is 0 Å². The zero-order valence-electron chi connectivity index (χ0n) is 20.5. The number of ether oxygens (including phenoxy) is 5. The van der Waals surface area contributed by atoms with Gasteiger partial charge < -0.3 is 23.7 Å². The Morgan fingerprint density at radius 1 is 1.22 bits per heavy atom. The van der Waals surface area contributed by atoms with Crippen molar-refractivity contribution in [2.45, 2.75) is 19.9 Å². The minimum atomic E-state index is -0.828. The first-order valence-corrected chi connectivity index (χ1v) is 12.6. The van der Waals surface area contributed by atoms with E-state index in [1.165, 1.54) is 23.0 Å². The molecular weight excluding hydrogens is 520 g/mol. The summed E-state index contributed by atoms with van der Waals surface area (Å²) in [5.74, 6) is 1.56. The van der Waals surface area contributed by atoms with Crippen LogP contribution in [0.2, 0.25) is 5.02 Å². The first kappa shape index (κ1) is 24.9. The lowest BCUT2D eigenvalue weighted by Crippen LogP contribution is -2.40. The van der Waals surface area contributed by atoms with Crippen LogP contribution in [-0.2, 0) is 9.53 Å². The molecule has 0 fully saturated rings. The van der Waals surface area contributed by atoms with Crippen molar-refractivity contribution in [3.05, 3.63) is 77.4 Å². The highest BCUT2D eigenvalue weighted by Gasteiger charge is 2.35. The van der Waals surface area contributed by atoms with Crippen molar-refractivity contribution >= 4 is 35.0 Å². The zero-order chi connectivity index (χ0) is 26.3. The van der Waals surface area contributed by atoms with Gasteiger partial charge in [-0.25, -0.2) is 9.79 Å². The lowest BCUT2D eigenvalue weighted by Gasteiger charge is -2.26. The highest BCUT2D eigenvalue weighted by Crippen LogP contribution is 2.38. The summed E-state index contributed by atoms with van der Waals surface area (Å²) in [6, 6.07) is 7.77. The zero-order valence-corrected chi connectivity index (χ0v) is 22.1. The van der Waals surface area contributed by atoms with Gasteiger partial charge in [0.1, 0.15) is 17.5 Å². The minimum absolute atomic E-state index is 0.108. The van der Waals surface area contributed by atoms with Gasteiger partial charge in [0.2, 0.25) is 6.79 Å². The predicted molar refractivity (Wildman–Crippen MR) is 138 cm³/mol. The van der Waals surface area contributed by atoms with E-state index >= 15 is 0 Å². The molecule has 3 heterocycles. The van der Waals surface area contributed by atoms with Gasteiger partial charge in [-0.1, -0.05) is 22.9 Å². The predicted octanol–water partition coefficient (Wildman–Crippen LogP) is 3.20. The summed E-state index contributed by atoms with van der Waals surface area (Å²) in [6.07, 6.45) is 1.68. The topological polar surface area (TPSA) is 97.6 Å². The van der Waals surface area contributed by atoms with Crippen molar-refractivity contribution < 1.29 is 28.5 Å². The van der Waals surface area contributed by atoms with Gasteiger partial charge in [0.05, 0.1) is 41.7 Å². The van der Waals surface area contributed by atoms with E-state index in [0.717, 1.165) is 0 Å². The average molecular weight is 543 g/mol. The van der Waals surface area contributed by atoms with Crippen molar-refractivity contribution in [3.63, 3.8) is 0 Å². The van der Waals surface area contributed by atoms with E-state index in [0.29, 0.717) is 54.2 Å². The fourth-order valence-electron chi connectivity index (χ4n) is 4.31. The van der Waals surface area contributed by atoms with Gasteiger partial charge in [0, 0.05) is 17.7 Å². The second-order valence-electron chi connectivity index (χ2n) is 8.14. The van der Waals surface area contributed by atoms with Crippen LogP contribution in [0.25, 0.3) is 6.08 Å². The average Bonchev–Trinajstić information content (AvgIpc) is 3.46. The third kappa shape index (κ3) is 4.36. The van der Waals surface area contributed by atoms with Crippen LogP contribution in [0.5, 0.6) is 23.0 Å². The molecule has 3 aromatic rings. The summed E-state index contributed by atoms with van der Waals surface area (Å²) in [5, 5.41) is 0.409. The Balaban J connectivity index is 1.74. The van der Waals surface area contributed by atoms with Crippen LogP contribution in [0.3, 0.4) is 0 Å². The summed E-state index contributed by atoms with van der Waals surface area (Å²) < 4.78 is 29.0. The number of carbonyl (C=O) groups excluding carboxylic acids is 1. The number of carbonyl (C=O) groups is 1. The first-order valence-electron chi connectivity index (χ1n) is 11.4. The second-order valence-corrected chi connectivity index (χ2v) is 9.55. The van der Waals surface area contributed by atoms with Crippen LogP contribution in [0.4, 0.5) is 0 Å². The number of fused-ring (bicyclic) bond motifs is 2. The number of rotatable bonds is 6. The molecule has 11 heteroatoms. The van der Waals surface area contributed by atoms with Gasteiger partial charge in [0.25, 0.3) is 5.56 Å². The summed E-state index contributed by atoms with van der Waals surface area (Å²) in [7, 11) is 3.07. The molecule has 1 atom stereocenters. The van der Waals surface area contributed by atoms with Crippen LogP contribution in [0.15, 0.2) is 51.4 Å². The molecule has 0 bridgehead atoms. The third-order valence-corrected chi connectivity index (χ3v) is 7.34. The molecule has 9 nitrogen and oxygen atoms in total. The number of halogens is 1. The number of allylic oxidation sites excluding steroid dienone is 1. The van der Waals surface area contributed by atoms with Gasteiger partial charge >= 0.3 is 5.97 Å². The van der Waals surface area contributed by atoms with Crippen LogP contribution in [0, 0.1) is 0 Å². The van der Waals surface area contributed by atoms with Gasteiger partial charge in [-0.3, -0.25) is 9.36 Å². The molecule has 0 aliphatic carbocycles. The van der Waals surface area contributed by atoms with Crippen molar-refractivity contribution in [2.75, 3.05) is 27.6 Å². The molecule has 192 valence electrons. The van der Waals surface area contributed by atoms with Crippen molar-refractivity contribution in [1.82, 2.24) is 4.57 Å². The highest BCUT2D eigenvalue weighted by molar-refractivity contribution is 7.07. The number of esters is 1. The Kier molecular flexibility index (Phi) is 6.70. The molecule has 2 aromatic carbocycles. The number of benzene rings is 2. The fraction of sp³-hybridized carbons (Fsp3) is 0.269. The SMILES string of the molecule is CCOC(=O)C1=C(C)N=c2s/c(=C/c3cc4c(cc3Cl)OCO4)c(=O)n2[C@@H]1c1ccc(OC)cc1OC. The van der Waals surface area contributed by atoms with Gasteiger partial charge in [-0.05, 0) is 43.7 Å². The molecule has 0 amide bonds. The monoisotopic (exact) mass is 542 g/mol. The molecule has 0 saturated heterocycles. The van der Waals surface area contributed by atoms with Crippen LogP contribution in [0.1, 0.15) is 31.0 Å². The molecule has 2 aliphatic heterocycles. The lowest BCUT2D eigenvalue weighted by molar-refractivity contribution is -0.139. The largest absolute Gasteiger partial charge is 0.497 e. The van der Waals surface area contributed by atoms with E-state index in [1.54, 1.807) is 57.4 Å². The molecule has 2 aliphatic rings. The Labute approximate surface area is 220 Å². The standard InChI is InChI=1S/C26H23ClN2O7S/c1-5-34-25(31)22-13(2)28-26-29(23(22)16-7-6-15(32-3)10-18(16)33-4)24(30)21(37-26)9-14-8-19-20(11-17(14)27)36-12-35-19/h6-11,23H,5,12H2,1-4H3/b21-9+/t23-/m1/s1. The van der Waals surface area contributed by atoms with E-state index in [9.17, 15) is 9.59 Å². The van der Waals surface area contributed by atoms with E-state index in [1.807, 2.05) is 0 Å². The number of hydrogen-bond donors (Lipinski definition) is 0. The normalized spacial score (nSPS) is 16.4. The number of methoxy groups -OCH3 is 2. The van der Waals surface area contributed by atoms with Gasteiger partial charge in [-0.2, -0.15) is 0 Å². The molecule has 0 radical (unpaired) electrons. The van der Waals surface area contributed by atoms with Gasteiger partial charge in [0.15, 0.2) is 16.3 Å². The number of aromatic nitrogens is 1. The summed E-state index contributed by atoms with van der Waals surface area (Å²) in [5.41, 5.74) is 1.56.